The van der Waals surface area contributed by atoms with Crippen LogP contribution >= 0.6 is 27.5 Å². The van der Waals surface area contributed by atoms with Crippen LogP contribution in [-0.4, -0.2) is 6.61 Å². The third-order valence-corrected chi connectivity index (χ3v) is 3.76. The van der Waals surface area contributed by atoms with Gasteiger partial charge < -0.3 is 9.47 Å². The van der Waals surface area contributed by atoms with Crippen LogP contribution in [0.5, 0.6) is 11.5 Å². The minimum absolute atomic E-state index is 0.291. The van der Waals surface area contributed by atoms with E-state index < -0.39 is 0 Å². The molecule has 0 saturated carbocycles. The van der Waals surface area contributed by atoms with Gasteiger partial charge in [0.25, 0.3) is 0 Å². The number of rotatable bonds is 6. The van der Waals surface area contributed by atoms with E-state index >= 15 is 0 Å². The van der Waals surface area contributed by atoms with Gasteiger partial charge in [-0.05, 0) is 58.2 Å². The Kier molecular flexibility index (Phi) is 5.88. The molecule has 0 aliphatic carbocycles. The lowest BCUT2D eigenvalue weighted by Gasteiger charge is -2.13. The SMILES string of the molecule is CCOc1cc(CCl)ccc1OCc1ccc(F)c(Br)c1. The first-order valence-electron chi connectivity index (χ1n) is 6.52. The highest BCUT2D eigenvalue weighted by molar-refractivity contribution is 9.10. The van der Waals surface area contributed by atoms with Crippen molar-refractivity contribution in [2.24, 2.45) is 0 Å². The van der Waals surface area contributed by atoms with E-state index in [1.165, 1.54) is 6.07 Å². The highest BCUT2D eigenvalue weighted by Gasteiger charge is 2.07. The lowest BCUT2D eigenvalue weighted by atomic mass is 10.2. The zero-order valence-electron chi connectivity index (χ0n) is 11.5. The Morgan fingerprint density at radius 2 is 1.81 bits per heavy atom. The molecule has 5 heteroatoms. The molecule has 0 N–H and O–H groups in total. The molecule has 0 saturated heterocycles. The van der Waals surface area contributed by atoms with E-state index in [0.29, 0.717) is 35.1 Å². The van der Waals surface area contributed by atoms with Crippen molar-refractivity contribution in [2.75, 3.05) is 6.61 Å². The summed E-state index contributed by atoms with van der Waals surface area (Å²) in [5.74, 6) is 1.44. The summed E-state index contributed by atoms with van der Waals surface area (Å²) in [7, 11) is 0. The molecule has 0 aliphatic rings. The molecule has 0 bridgehead atoms. The molecule has 0 aromatic heterocycles. The molecule has 2 rings (SSSR count). The van der Waals surface area contributed by atoms with Crippen LogP contribution in [0.3, 0.4) is 0 Å². The van der Waals surface area contributed by atoms with Crippen molar-refractivity contribution < 1.29 is 13.9 Å². The third-order valence-electron chi connectivity index (χ3n) is 2.84. The number of hydrogen-bond donors (Lipinski definition) is 0. The molecule has 2 nitrogen and oxygen atoms in total. The fourth-order valence-electron chi connectivity index (χ4n) is 1.81. The second-order valence-corrected chi connectivity index (χ2v) is 5.51. The molecule has 0 fully saturated rings. The average molecular weight is 374 g/mol. The van der Waals surface area contributed by atoms with Crippen molar-refractivity contribution in [1.29, 1.82) is 0 Å². The molecule has 112 valence electrons. The zero-order chi connectivity index (χ0) is 15.2. The van der Waals surface area contributed by atoms with Crippen molar-refractivity contribution in [1.82, 2.24) is 0 Å². The second-order valence-electron chi connectivity index (χ2n) is 4.38. The Hall–Kier alpha value is -1.26. The average Bonchev–Trinajstić information content (AvgIpc) is 2.49. The van der Waals surface area contributed by atoms with Crippen LogP contribution in [0.1, 0.15) is 18.1 Å². The van der Waals surface area contributed by atoms with Gasteiger partial charge in [-0.15, -0.1) is 11.6 Å². The Balaban J connectivity index is 2.13. The summed E-state index contributed by atoms with van der Waals surface area (Å²) in [6, 6.07) is 10.4. The van der Waals surface area contributed by atoms with Crippen LogP contribution < -0.4 is 9.47 Å². The minimum atomic E-state index is -0.291. The number of hydrogen-bond acceptors (Lipinski definition) is 2. The number of halogens is 3. The van der Waals surface area contributed by atoms with Crippen LogP contribution in [0.2, 0.25) is 0 Å². The fourth-order valence-corrected chi connectivity index (χ4v) is 2.41. The Labute approximate surface area is 137 Å². The molecule has 2 aromatic rings. The van der Waals surface area contributed by atoms with E-state index in [1.54, 1.807) is 12.1 Å². The van der Waals surface area contributed by atoms with E-state index in [2.05, 4.69) is 15.9 Å². The summed E-state index contributed by atoms with van der Waals surface area (Å²) < 4.78 is 24.9. The van der Waals surface area contributed by atoms with Crippen molar-refractivity contribution >= 4 is 27.5 Å². The minimum Gasteiger partial charge on any atom is -0.490 e. The van der Waals surface area contributed by atoms with Gasteiger partial charge in [0, 0.05) is 5.88 Å². The molecule has 0 heterocycles. The van der Waals surface area contributed by atoms with Gasteiger partial charge in [0.2, 0.25) is 0 Å². The lowest BCUT2D eigenvalue weighted by Crippen LogP contribution is -2.00. The van der Waals surface area contributed by atoms with E-state index in [9.17, 15) is 4.39 Å². The van der Waals surface area contributed by atoms with Crippen molar-refractivity contribution in [3.8, 4) is 11.5 Å². The predicted octanol–water partition coefficient (Wildman–Crippen LogP) is 5.30. The largest absolute Gasteiger partial charge is 0.490 e. The third kappa shape index (κ3) is 4.35. The summed E-state index contributed by atoms with van der Waals surface area (Å²) in [5, 5.41) is 0. The maximum Gasteiger partial charge on any atom is 0.161 e. The molecule has 0 amide bonds. The maximum atomic E-state index is 13.2. The molecule has 0 atom stereocenters. The van der Waals surface area contributed by atoms with Crippen LogP contribution in [-0.2, 0) is 12.5 Å². The second kappa shape index (κ2) is 7.66. The summed E-state index contributed by atoms with van der Waals surface area (Å²) in [4.78, 5) is 0. The van der Waals surface area contributed by atoms with Gasteiger partial charge in [-0.25, -0.2) is 4.39 Å². The first-order valence-corrected chi connectivity index (χ1v) is 7.85. The molecule has 0 unspecified atom stereocenters. The number of ether oxygens (including phenoxy) is 2. The van der Waals surface area contributed by atoms with Gasteiger partial charge in [-0.1, -0.05) is 12.1 Å². The summed E-state index contributed by atoms with van der Waals surface area (Å²) in [6.07, 6.45) is 0. The Morgan fingerprint density at radius 1 is 1.05 bits per heavy atom. The van der Waals surface area contributed by atoms with Gasteiger partial charge in [-0.2, -0.15) is 0 Å². The van der Waals surface area contributed by atoms with Gasteiger partial charge in [0.05, 0.1) is 11.1 Å². The molecular formula is C16H15BrClFO2. The highest BCUT2D eigenvalue weighted by atomic mass is 79.9. The quantitative estimate of drug-likeness (QED) is 0.639. The monoisotopic (exact) mass is 372 g/mol. The van der Waals surface area contributed by atoms with E-state index in [4.69, 9.17) is 21.1 Å². The molecule has 0 aliphatic heterocycles. The van der Waals surface area contributed by atoms with Crippen LogP contribution in [0.15, 0.2) is 40.9 Å². The zero-order valence-corrected chi connectivity index (χ0v) is 13.9. The van der Waals surface area contributed by atoms with Crippen molar-refractivity contribution in [3.05, 3.63) is 57.8 Å². The van der Waals surface area contributed by atoms with Crippen molar-refractivity contribution in [2.45, 2.75) is 19.4 Å². The van der Waals surface area contributed by atoms with Gasteiger partial charge in [0.1, 0.15) is 12.4 Å². The maximum absolute atomic E-state index is 13.2. The van der Waals surface area contributed by atoms with Gasteiger partial charge >= 0.3 is 0 Å². The molecular weight excluding hydrogens is 359 g/mol. The van der Waals surface area contributed by atoms with Crippen molar-refractivity contribution in [3.63, 3.8) is 0 Å². The number of benzene rings is 2. The smallest absolute Gasteiger partial charge is 0.161 e. The number of alkyl halides is 1. The summed E-state index contributed by atoms with van der Waals surface area (Å²) >= 11 is 8.98. The topological polar surface area (TPSA) is 18.5 Å². The normalized spacial score (nSPS) is 10.5. The molecule has 21 heavy (non-hydrogen) atoms. The van der Waals surface area contributed by atoms with E-state index in [-0.39, 0.29) is 5.82 Å². The van der Waals surface area contributed by atoms with E-state index in [1.807, 2.05) is 25.1 Å². The summed E-state index contributed by atoms with van der Waals surface area (Å²) in [6.45, 7) is 2.79. The first kappa shape index (κ1) is 16.1. The fraction of sp³-hybridized carbons (Fsp3) is 0.250. The standard InChI is InChI=1S/C16H15BrClFO2/c1-2-20-16-8-11(9-18)4-6-15(16)21-10-12-3-5-14(19)13(17)7-12/h3-8H,2,9-10H2,1H3. The lowest BCUT2D eigenvalue weighted by molar-refractivity contribution is 0.269. The van der Waals surface area contributed by atoms with Crippen LogP contribution in [0.25, 0.3) is 0 Å². The first-order chi connectivity index (χ1) is 10.1. The molecule has 0 radical (unpaired) electrons. The Morgan fingerprint density at radius 3 is 2.48 bits per heavy atom. The van der Waals surface area contributed by atoms with Gasteiger partial charge in [-0.3, -0.25) is 0 Å². The molecule has 0 spiro atoms. The van der Waals surface area contributed by atoms with E-state index in [0.717, 1.165) is 11.1 Å². The van der Waals surface area contributed by atoms with Crippen LogP contribution in [0, 0.1) is 5.82 Å². The van der Waals surface area contributed by atoms with Gasteiger partial charge in [0.15, 0.2) is 11.5 Å². The predicted molar refractivity (Wildman–Crippen MR) is 85.6 cm³/mol. The molecule has 2 aromatic carbocycles. The highest BCUT2D eigenvalue weighted by Crippen LogP contribution is 2.30. The Bertz CT molecular complexity index is 619. The van der Waals surface area contributed by atoms with Crippen LogP contribution in [0.4, 0.5) is 4.39 Å². The summed E-state index contributed by atoms with van der Waals surface area (Å²) in [5.41, 5.74) is 1.84.